The highest BCUT2D eigenvalue weighted by molar-refractivity contribution is 4.79. The molecule has 0 aromatic rings. The molecule has 112 valence electrons. The van der Waals surface area contributed by atoms with Gasteiger partial charge in [-0.1, -0.05) is 0 Å². The Labute approximate surface area is 104 Å². The molecule has 0 aromatic heterocycles. The molecular weight excluding hydrogens is 252 g/mol. The van der Waals surface area contributed by atoms with Crippen LogP contribution in [0, 0.1) is 0 Å². The molecule has 9 nitrogen and oxygen atoms in total. The van der Waals surface area contributed by atoms with E-state index in [4.69, 9.17) is 46.0 Å². The summed E-state index contributed by atoms with van der Waals surface area (Å²) in [4.78, 5) is 0. The second kappa shape index (κ2) is 11.7. The van der Waals surface area contributed by atoms with E-state index in [9.17, 15) is 0 Å². The first-order chi connectivity index (χ1) is 8.35. The zero-order valence-corrected chi connectivity index (χ0v) is 9.74. The summed E-state index contributed by atoms with van der Waals surface area (Å²) < 4.78 is 0. The van der Waals surface area contributed by atoms with E-state index in [-0.39, 0.29) is 13.2 Å². The van der Waals surface area contributed by atoms with Crippen molar-refractivity contribution >= 4 is 0 Å². The van der Waals surface area contributed by atoms with Gasteiger partial charge in [-0.15, -0.1) is 0 Å². The van der Waals surface area contributed by atoms with Crippen LogP contribution in [0.4, 0.5) is 0 Å². The molecule has 9 N–H and O–H groups in total. The van der Waals surface area contributed by atoms with Gasteiger partial charge in [0.25, 0.3) is 0 Å². The van der Waals surface area contributed by atoms with E-state index in [2.05, 4.69) is 0 Å². The lowest BCUT2D eigenvalue weighted by Gasteiger charge is -2.24. The molecule has 0 spiro atoms. The average Bonchev–Trinajstić information content (AvgIpc) is 2.43. The van der Waals surface area contributed by atoms with Crippen molar-refractivity contribution in [1.82, 2.24) is 0 Å². The highest BCUT2D eigenvalue weighted by Crippen LogP contribution is 2.03. The van der Waals surface area contributed by atoms with Gasteiger partial charge in [0.1, 0.15) is 30.5 Å². The zero-order chi connectivity index (χ0) is 14.7. The van der Waals surface area contributed by atoms with E-state index in [0.717, 1.165) is 0 Å². The Hall–Kier alpha value is -0.360. The summed E-state index contributed by atoms with van der Waals surface area (Å²) in [6.07, 6.45) is -7.35. The van der Waals surface area contributed by atoms with Gasteiger partial charge in [0.05, 0.1) is 26.4 Å². The van der Waals surface area contributed by atoms with Crippen LogP contribution in [0.2, 0.25) is 0 Å². The summed E-state index contributed by atoms with van der Waals surface area (Å²) in [6, 6.07) is 0. The molecule has 4 unspecified atom stereocenters. The maximum absolute atomic E-state index is 8.96. The molecule has 0 aliphatic rings. The maximum atomic E-state index is 8.96. The fourth-order valence-corrected chi connectivity index (χ4v) is 0.729. The van der Waals surface area contributed by atoms with Crippen molar-refractivity contribution in [2.75, 3.05) is 26.4 Å². The molecule has 9 heteroatoms. The van der Waals surface area contributed by atoms with Crippen molar-refractivity contribution in [1.29, 1.82) is 0 Å². The Morgan fingerprint density at radius 3 is 0.889 bits per heavy atom. The first-order valence-electron chi connectivity index (χ1n) is 5.19. The molecule has 0 saturated carbocycles. The summed E-state index contributed by atoms with van der Waals surface area (Å²) in [7, 11) is 0. The minimum Gasteiger partial charge on any atom is -0.394 e. The predicted octanol–water partition coefficient (Wildman–Crippen LogP) is -5.25. The summed E-state index contributed by atoms with van der Waals surface area (Å²) in [6.45, 7) is -2.18. The number of hydrogen-bond acceptors (Lipinski definition) is 9. The highest BCUT2D eigenvalue weighted by Gasteiger charge is 2.29. The molecule has 0 saturated heterocycles. The topological polar surface area (TPSA) is 182 Å². The third kappa shape index (κ3) is 8.69. The highest BCUT2D eigenvalue weighted by atomic mass is 16.4. The standard InChI is InChI=1S/C6H14O6.C3H8O3/c7-1-3(9)5(11)6(12)4(10)2-8;4-1-3(6)2-5/h3-12H,1-2H2;3-6H,1-2H2. The van der Waals surface area contributed by atoms with Gasteiger partial charge in [0.15, 0.2) is 0 Å². The number of aliphatic hydroxyl groups excluding tert-OH is 9. The predicted molar refractivity (Wildman–Crippen MR) is 58.4 cm³/mol. The van der Waals surface area contributed by atoms with Crippen LogP contribution in [-0.2, 0) is 0 Å². The summed E-state index contributed by atoms with van der Waals surface area (Å²) >= 11 is 0. The molecule has 18 heavy (non-hydrogen) atoms. The molecule has 0 fully saturated rings. The average molecular weight is 274 g/mol. The number of rotatable bonds is 7. The Balaban J connectivity index is 0. The van der Waals surface area contributed by atoms with Crippen molar-refractivity contribution in [2.24, 2.45) is 0 Å². The Morgan fingerprint density at radius 2 is 0.778 bits per heavy atom. The van der Waals surface area contributed by atoms with Crippen LogP contribution < -0.4 is 0 Å². The number of aliphatic hydroxyl groups is 9. The minimum atomic E-state index is -1.67. The van der Waals surface area contributed by atoms with Gasteiger partial charge >= 0.3 is 0 Å². The second-order valence-electron chi connectivity index (χ2n) is 3.50. The van der Waals surface area contributed by atoms with E-state index >= 15 is 0 Å². The number of hydrogen-bond donors (Lipinski definition) is 9. The Morgan fingerprint density at radius 1 is 0.500 bits per heavy atom. The van der Waals surface area contributed by atoms with Crippen LogP contribution in [0.1, 0.15) is 0 Å². The fourth-order valence-electron chi connectivity index (χ4n) is 0.729. The monoisotopic (exact) mass is 274 g/mol. The molecule has 0 rings (SSSR count). The summed E-state index contributed by atoms with van der Waals surface area (Å²) in [5.41, 5.74) is 0. The minimum absolute atomic E-state index is 0.365. The zero-order valence-electron chi connectivity index (χ0n) is 9.74. The van der Waals surface area contributed by atoms with Crippen LogP contribution in [0.5, 0.6) is 0 Å². The fraction of sp³-hybridized carbons (Fsp3) is 1.00. The smallest absolute Gasteiger partial charge is 0.111 e. The second-order valence-corrected chi connectivity index (χ2v) is 3.50. The van der Waals surface area contributed by atoms with Gasteiger partial charge in [-0.2, -0.15) is 0 Å². The van der Waals surface area contributed by atoms with Crippen LogP contribution in [0.15, 0.2) is 0 Å². The molecule has 0 aromatic carbocycles. The molecule has 0 heterocycles. The van der Waals surface area contributed by atoms with Gasteiger partial charge in [0.2, 0.25) is 0 Å². The van der Waals surface area contributed by atoms with Crippen molar-refractivity contribution in [2.45, 2.75) is 30.5 Å². The van der Waals surface area contributed by atoms with E-state index in [1.807, 2.05) is 0 Å². The van der Waals surface area contributed by atoms with Gasteiger partial charge in [0, 0.05) is 0 Å². The first kappa shape index (κ1) is 20.0. The van der Waals surface area contributed by atoms with Crippen molar-refractivity contribution in [3.8, 4) is 0 Å². The molecular formula is C9H22O9. The van der Waals surface area contributed by atoms with Crippen molar-refractivity contribution in [3.05, 3.63) is 0 Å². The lowest BCUT2D eigenvalue weighted by Crippen LogP contribution is -2.46. The third-order valence-corrected chi connectivity index (χ3v) is 1.93. The van der Waals surface area contributed by atoms with Crippen LogP contribution >= 0.6 is 0 Å². The van der Waals surface area contributed by atoms with E-state index in [1.165, 1.54) is 0 Å². The van der Waals surface area contributed by atoms with Crippen LogP contribution in [0.25, 0.3) is 0 Å². The maximum Gasteiger partial charge on any atom is 0.111 e. The van der Waals surface area contributed by atoms with Crippen molar-refractivity contribution in [3.63, 3.8) is 0 Å². The lowest BCUT2D eigenvalue weighted by molar-refractivity contribution is -0.123. The molecule has 0 bridgehead atoms. The van der Waals surface area contributed by atoms with Crippen LogP contribution in [0.3, 0.4) is 0 Å². The Kier molecular flexibility index (Phi) is 13.0. The van der Waals surface area contributed by atoms with Gasteiger partial charge in [-0.25, -0.2) is 0 Å². The summed E-state index contributed by atoms with van der Waals surface area (Å²) in [5.74, 6) is 0. The van der Waals surface area contributed by atoms with Gasteiger partial charge in [-0.05, 0) is 0 Å². The molecule has 4 atom stereocenters. The van der Waals surface area contributed by atoms with E-state index in [0.29, 0.717) is 0 Å². The normalized spacial score (nSPS) is 17.7. The van der Waals surface area contributed by atoms with Crippen molar-refractivity contribution < 1.29 is 46.0 Å². The molecule has 0 amide bonds. The van der Waals surface area contributed by atoms with E-state index < -0.39 is 43.7 Å². The lowest BCUT2D eigenvalue weighted by atomic mass is 10.0. The van der Waals surface area contributed by atoms with Gasteiger partial charge < -0.3 is 46.0 Å². The van der Waals surface area contributed by atoms with E-state index in [1.54, 1.807) is 0 Å². The SMILES string of the molecule is OCC(O)C(O)C(O)C(O)CO.OCC(O)CO. The molecule has 0 aliphatic heterocycles. The molecule has 0 radical (unpaired) electrons. The largest absolute Gasteiger partial charge is 0.394 e. The van der Waals surface area contributed by atoms with Gasteiger partial charge in [-0.3, -0.25) is 0 Å². The quantitative estimate of drug-likeness (QED) is 0.219. The van der Waals surface area contributed by atoms with Crippen LogP contribution in [-0.4, -0.2) is 103 Å². The first-order valence-corrected chi connectivity index (χ1v) is 5.19. The summed E-state index contributed by atoms with van der Waals surface area (Å²) in [5, 5.41) is 76.2. The third-order valence-electron chi connectivity index (χ3n) is 1.93. The molecule has 0 aliphatic carbocycles. The Bertz CT molecular complexity index is 161.